The van der Waals surface area contributed by atoms with Crippen molar-refractivity contribution in [1.82, 2.24) is 4.90 Å². The van der Waals surface area contributed by atoms with Gasteiger partial charge in [-0.1, -0.05) is 48.5 Å². The average Bonchev–Trinajstić information content (AvgIpc) is 3.49. The Kier molecular flexibility index (Phi) is 4.04. The molecule has 0 spiro atoms. The molecule has 2 aliphatic rings. The topological polar surface area (TPSA) is 40.6 Å². The second-order valence-corrected chi connectivity index (χ2v) is 6.85. The zero-order valence-electron chi connectivity index (χ0n) is 14.4. The summed E-state index contributed by atoms with van der Waals surface area (Å²) in [7, 11) is 0. The standard InChI is InChI=1S/C21H22N2O2/c1-15-20(24)23(14-13-22(15)21(25)17-11-12-17)19-10-6-5-9-18(19)16-7-3-2-4-8-16/h2-10,15,17H,11-14H2,1H3/t15-/m1/s1. The van der Waals surface area contributed by atoms with E-state index in [0.29, 0.717) is 13.1 Å². The van der Waals surface area contributed by atoms with Gasteiger partial charge in [0.05, 0.1) is 5.69 Å². The third kappa shape index (κ3) is 2.93. The predicted molar refractivity (Wildman–Crippen MR) is 98.1 cm³/mol. The normalized spacial score (nSPS) is 20.7. The highest BCUT2D eigenvalue weighted by Gasteiger charge is 2.41. The van der Waals surface area contributed by atoms with E-state index in [9.17, 15) is 9.59 Å². The zero-order valence-corrected chi connectivity index (χ0v) is 14.4. The van der Waals surface area contributed by atoms with Gasteiger partial charge in [-0.05, 0) is 31.4 Å². The number of carbonyl (C=O) groups is 2. The van der Waals surface area contributed by atoms with Crippen molar-refractivity contribution in [3.05, 3.63) is 54.6 Å². The molecule has 4 rings (SSSR count). The quantitative estimate of drug-likeness (QED) is 0.864. The number of amides is 2. The molecule has 2 fully saturated rings. The number of benzene rings is 2. The van der Waals surface area contributed by atoms with Crippen LogP contribution in [0.1, 0.15) is 19.8 Å². The Morgan fingerprint density at radius 1 is 0.960 bits per heavy atom. The van der Waals surface area contributed by atoms with Gasteiger partial charge in [-0.15, -0.1) is 0 Å². The summed E-state index contributed by atoms with van der Waals surface area (Å²) in [5.41, 5.74) is 3.06. The van der Waals surface area contributed by atoms with Crippen LogP contribution in [0.3, 0.4) is 0 Å². The molecule has 0 radical (unpaired) electrons. The minimum atomic E-state index is -0.398. The molecule has 1 aliphatic carbocycles. The first-order valence-corrected chi connectivity index (χ1v) is 8.93. The predicted octanol–water partition coefficient (Wildman–Crippen LogP) is 3.33. The fraction of sp³-hybridized carbons (Fsp3) is 0.333. The summed E-state index contributed by atoms with van der Waals surface area (Å²) in [5, 5.41) is 0. The first-order valence-electron chi connectivity index (χ1n) is 8.93. The Balaban J connectivity index is 1.63. The van der Waals surface area contributed by atoms with E-state index < -0.39 is 6.04 Å². The second-order valence-electron chi connectivity index (χ2n) is 6.85. The lowest BCUT2D eigenvalue weighted by Crippen LogP contribution is -2.58. The monoisotopic (exact) mass is 334 g/mol. The number of anilines is 1. The molecule has 4 heteroatoms. The van der Waals surface area contributed by atoms with Gasteiger partial charge in [-0.3, -0.25) is 9.59 Å². The van der Waals surface area contributed by atoms with E-state index >= 15 is 0 Å². The summed E-state index contributed by atoms with van der Waals surface area (Å²) in [5.74, 6) is 0.305. The van der Waals surface area contributed by atoms with E-state index in [4.69, 9.17) is 0 Å². The highest BCUT2D eigenvalue weighted by molar-refractivity contribution is 6.03. The molecule has 0 aromatic heterocycles. The maximum atomic E-state index is 13.0. The Labute approximate surface area is 148 Å². The van der Waals surface area contributed by atoms with Crippen LogP contribution in [0.2, 0.25) is 0 Å². The number of hydrogen-bond acceptors (Lipinski definition) is 2. The average molecular weight is 334 g/mol. The van der Waals surface area contributed by atoms with Crippen LogP contribution in [0.4, 0.5) is 5.69 Å². The highest BCUT2D eigenvalue weighted by atomic mass is 16.2. The third-order valence-electron chi connectivity index (χ3n) is 5.14. The molecule has 0 N–H and O–H groups in total. The second kappa shape index (κ2) is 6.36. The van der Waals surface area contributed by atoms with Gasteiger partial charge < -0.3 is 9.80 Å². The zero-order chi connectivity index (χ0) is 17.4. The smallest absolute Gasteiger partial charge is 0.249 e. The lowest BCUT2D eigenvalue weighted by molar-refractivity contribution is -0.141. The van der Waals surface area contributed by atoms with E-state index in [1.165, 1.54) is 0 Å². The third-order valence-corrected chi connectivity index (χ3v) is 5.14. The maximum Gasteiger partial charge on any atom is 0.249 e. The molecule has 2 aromatic carbocycles. The molecule has 1 aliphatic heterocycles. The van der Waals surface area contributed by atoms with Gasteiger partial charge in [0.1, 0.15) is 6.04 Å². The lowest BCUT2D eigenvalue weighted by Gasteiger charge is -2.40. The molecule has 1 heterocycles. The number of piperazine rings is 1. The van der Waals surface area contributed by atoms with Crippen molar-refractivity contribution in [3.8, 4) is 11.1 Å². The summed E-state index contributed by atoms with van der Waals surface area (Å²) < 4.78 is 0. The maximum absolute atomic E-state index is 13.0. The number of para-hydroxylation sites is 1. The molecule has 128 valence electrons. The van der Waals surface area contributed by atoms with Crippen molar-refractivity contribution in [2.75, 3.05) is 18.0 Å². The van der Waals surface area contributed by atoms with Crippen LogP contribution in [-0.4, -0.2) is 35.8 Å². The number of hydrogen-bond donors (Lipinski definition) is 0. The van der Waals surface area contributed by atoms with E-state index in [1.54, 1.807) is 4.90 Å². The van der Waals surface area contributed by atoms with Crippen molar-refractivity contribution in [2.24, 2.45) is 5.92 Å². The molecule has 2 aromatic rings. The van der Waals surface area contributed by atoms with Crippen molar-refractivity contribution in [3.63, 3.8) is 0 Å². The van der Waals surface area contributed by atoms with Gasteiger partial charge in [-0.25, -0.2) is 0 Å². The molecular weight excluding hydrogens is 312 g/mol. The van der Waals surface area contributed by atoms with Crippen LogP contribution in [-0.2, 0) is 9.59 Å². The van der Waals surface area contributed by atoms with Crippen molar-refractivity contribution < 1.29 is 9.59 Å². The molecule has 1 saturated carbocycles. The van der Waals surface area contributed by atoms with Gasteiger partial charge in [0.2, 0.25) is 11.8 Å². The highest BCUT2D eigenvalue weighted by Crippen LogP contribution is 2.35. The number of rotatable bonds is 3. The summed E-state index contributed by atoms with van der Waals surface area (Å²) in [6.45, 7) is 3.00. The SMILES string of the molecule is C[C@@H]1C(=O)N(c2ccccc2-c2ccccc2)CCN1C(=O)C1CC1. The van der Waals surface area contributed by atoms with Crippen LogP contribution in [0.25, 0.3) is 11.1 Å². The Bertz CT molecular complexity index is 799. The fourth-order valence-electron chi connectivity index (χ4n) is 3.55. The summed E-state index contributed by atoms with van der Waals surface area (Å²) in [4.78, 5) is 29.0. The number of carbonyl (C=O) groups excluding carboxylic acids is 2. The van der Waals surface area contributed by atoms with Gasteiger partial charge in [0.15, 0.2) is 0 Å². The minimum Gasteiger partial charge on any atom is -0.329 e. The summed E-state index contributed by atoms with van der Waals surface area (Å²) in [6.07, 6.45) is 1.94. The van der Waals surface area contributed by atoms with E-state index in [1.807, 2.05) is 54.3 Å². The fourth-order valence-corrected chi connectivity index (χ4v) is 3.55. The molecule has 25 heavy (non-hydrogen) atoms. The van der Waals surface area contributed by atoms with Gasteiger partial charge in [-0.2, -0.15) is 0 Å². The largest absolute Gasteiger partial charge is 0.329 e. The first kappa shape index (κ1) is 15.9. The lowest BCUT2D eigenvalue weighted by atomic mass is 10.0. The first-order chi connectivity index (χ1) is 12.2. The minimum absolute atomic E-state index is 0.00336. The Hall–Kier alpha value is -2.62. The molecule has 2 amide bonds. The van der Waals surface area contributed by atoms with Gasteiger partial charge in [0, 0.05) is 24.6 Å². The molecule has 4 nitrogen and oxygen atoms in total. The van der Waals surface area contributed by atoms with Gasteiger partial charge >= 0.3 is 0 Å². The molecule has 0 unspecified atom stereocenters. The van der Waals surface area contributed by atoms with Crippen LogP contribution in [0.5, 0.6) is 0 Å². The van der Waals surface area contributed by atoms with Crippen LogP contribution in [0, 0.1) is 5.92 Å². The molecule has 1 saturated heterocycles. The van der Waals surface area contributed by atoms with Crippen molar-refractivity contribution in [1.29, 1.82) is 0 Å². The van der Waals surface area contributed by atoms with Gasteiger partial charge in [0.25, 0.3) is 0 Å². The molecule has 0 bridgehead atoms. The molecular formula is C21H22N2O2. The van der Waals surface area contributed by atoms with E-state index in [2.05, 4.69) is 12.1 Å². The summed E-state index contributed by atoms with van der Waals surface area (Å²) in [6, 6.07) is 17.7. The molecule has 1 atom stereocenters. The van der Waals surface area contributed by atoms with E-state index in [-0.39, 0.29) is 17.7 Å². The summed E-state index contributed by atoms with van der Waals surface area (Å²) >= 11 is 0. The van der Waals surface area contributed by atoms with Crippen molar-refractivity contribution in [2.45, 2.75) is 25.8 Å². The Morgan fingerprint density at radius 2 is 1.64 bits per heavy atom. The van der Waals surface area contributed by atoms with Crippen LogP contribution >= 0.6 is 0 Å². The van der Waals surface area contributed by atoms with E-state index in [0.717, 1.165) is 29.7 Å². The Morgan fingerprint density at radius 3 is 2.36 bits per heavy atom. The van der Waals surface area contributed by atoms with Crippen LogP contribution in [0.15, 0.2) is 54.6 Å². The van der Waals surface area contributed by atoms with Crippen molar-refractivity contribution >= 4 is 17.5 Å². The van der Waals surface area contributed by atoms with Crippen LogP contribution < -0.4 is 4.90 Å². The number of nitrogens with zero attached hydrogens (tertiary/aromatic N) is 2.